The molecule has 324 valence electrons. The number of amides is 4. The predicted octanol–water partition coefficient (Wildman–Crippen LogP) is 11.2. The molecule has 20 heteroatoms. The molecule has 3 aromatic carbocycles. The number of nitrogens with one attached hydrogen (secondary N) is 4. The van der Waals surface area contributed by atoms with Crippen LogP contribution in [0.5, 0.6) is 0 Å². The quantitative estimate of drug-likeness (QED) is 0.0985. The van der Waals surface area contributed by atoms with E-state index in [0.717, 1.165) is 11.6 Å². The fraction of sp³-hybridized carbons (Fsp3) is 0.436. The number of rotatable bonds is 7. The highest BCUT2D eigenvalue weighted by Crippen LogP contribution is 2.28. The molecule has 4 N–H and O–H groups in total. The Morgan fingerprint density at radius 3 is 1.34 bits per heavy atom. The minimum Gasteiger partial charge on any atom is -0.444 e. The smallest absolute Gasteiger partial charge is 0.412 e. The van der Waals surface area contributed by atoms with E-state index in [1.165, 1.54) is 24.3 Å². The van der Waals surface area contributed by atoms with Gasteiger partial charge in [-0.2, -0.15) is 0 Å². The van der Waals surface area contributed by atoms with Gasteiger partial charge in [0, 0.05) is 46.2 Å². The third-order valence-corrected chi connectivity index (χ3v) is 6.42. The topological polar surface area (TPSA) is 240 Å². The molecule has 0 aromatic heterocycles. The lowest BCUT2D eigenvalue weighted by Crippen LogP contribution is -2.32. The first kappa shape index (κ1) is 51.1. The molecule has 59 heavy (non-hydrogen) atoms. The molecule has 0 spiro atoms. The van der Waals surface area contributed by atoms with Crippen molar-refractivity contribution in [1.82, 2.24) is 5.32 Å². The zero-order valence-electron chi connectivity index (χ0n) is 35.0. The number of nitrogens with zero attached hydrogens (tertiary/aromatic N) is 2. The van der Waals surface area contributed by atoms with Crippen LogP contribution in [-0.2, 0) is 25.5 Å². The number of nitro benzene ring substituents is 2. The van der Waals surface area contributed by atoms with Crippen molar-refractivity contribution in [2.24, 2.45) is 0 Å². The van der Waals surface area contributed by atoms with Crippen LogP contribution in [0.1, 0.15) is 88.6 Å². The first-order valence-corrected chi connectivity index (χ1v) is 18.5. The Morgan fingerprint density at radius 1 is 0.542 bits per heavy atom. The van der Waals surface area contributed by atoms with Crippen LogP contribution < -0.4 is 21.3 Å². The Morgan fingerprint density at radius 2 is 0.949 bits per heavy atom. The molecule has 0 atom stereocenters. The second-order valence-corrected chi connectivity index (χ2v) is 17.2. The van der Waals surface area contributed by atoms with Crippen LogP contribution in [0.25, 0.3) is 0 Å². The van der Waals surface area contributed by atoms with Gasteiger partial charge in [0.25, 0.3) is 11.4 Å². The Balaban J connectivity index is 0.000000447. The highest BCUT2D eigenvalue weighted by atomic mass is 35.5. The van der Waals surface area contributed by atoms with Gasteiger partial charge in [0.05, 0.1) is 9.85 Å². The number of ether oxygens (including phenoxy) is 4. The van der Waals surface area contributed by atoms with Gasteiger partial charge in [-0.25, -0.2) is 19.2 Å². The van der Waals surface area contributed by atoms with Crippen LogP contribution >= 0.6 is 23.2 Å². The molecule has 0 radical (unpaired) electrons. The third-order valence-electron chi connectivity index (χ3n) is 5.96. The number of hydrogen-bond acceptors (Lipinski definition) is 12. The normalized spacial score (nSPS) is 11.2. The summed E-state index contributed by atoms with van der Waals surface area (Å²) in [6.07, 6.45) is -2.49. The van der Waals surface area contributed by atoms with Crippen molar-refractivity contribution in [2.75, 3.05) is 16.0 Å². The number of hydrogen-bond donors (Lipinski definition) is 4. The molecule has 0 fully saturated rings. The maximum absolute atomic E-state index is 11.8. The van der Waals surface area contributed by atoms with Crippen LogP contribution in [0.15, 0.2) is 60.7 Å². The first-order chi connectivity index (χ1) is 26.8. The number of nitro groups is 2. The van der Waals surface area contributed by atoms with E-state index in [-0.39, 0.29) is 28.6 Å². The minimum atomic E-state index is -0.757. The van der Waals surface area contributed by atoms with Gasteiger partial charge in [0.1, 0.15) is 28.1 Å². The van der Waals surface area contributed by atoms with E-state index in [9.17, 15) is 39.4 Å². The number of alkyl carbamates (subject to hydrolysis) is 1. The van der Waals surface area contributed by atoms with Gasteiger partial charge >= 0.3 is 24.4 Å². The van der Waals surface area contributed by atoms with Crippen LogP contribution in [0, 0.1) is 20.2 Å². The summed E-state index contributed by atoms with van der Waals surface area (Å²) in [4.78, 5) is 66.6. The van der Waals surface area contributed by atoms with Gasteiger partial charge in [-0.1, -0.05) is 35.3 Å². The summed E-state index contributed by atoms with van der Waals surface area (Å²) >= 11 is 11.7. The van der Waals surface area contributed by atoms with Crippen molar-refractivity contribution in [2.45, 2.75) is 112 Å². The molecule has 0 aliphatic carbocycles. The van der Waals surface area contributed by atoms with Crippen LogP contribution in [0.4, 0.5) is 47.6 Å². The first-order valence-electron chi connectivity index (χ1n) is 17.8. The van der Waals surface area contributed by atoms with E-state index in [2.05, 4.69) is 21.3 Å². The zero-order valence-corrected chi connectivity index (χ0v) is 36.5. The van der Waals surface area contributed by atoms with Crippen LogP contribution in [0.2, 0.25) is 10.0 Å². The van der Waals surface area contributed by atoms with Gasteiger partial charge < -0.3 is 24.3 Å². The molecule has 0 saturated heterocycles. The second-order valence-electron chi connectivity index (χ2n) is 16.3. The molecule has 3 aromatic rings. The van der Waals surface area contributed by atoms with Gasteiger partial charge in [-0.15, -0.1) is 0 Å². The summed E-state index contributed by atoms with van der Waals surface area (Å²) in [5, 5.41) is 31.8. The SMILES string of the molecule is CC(C)(C)OC(=O)NCc1ccc([N+](=O)[O-])cc1.CC(C)(C)OC(=O)Nc1cc(Cl)cc(NC(=O)OC(C)(C)C)c1.CC(C)(C)OC(=O)Nc1ccc(Cl)cc1[N+](=O)[O-]. The molecule has 18 nitrogen and oxygen atoms in total. The highest BCUT2D eigenvalue weighted by molar-refractivity contribution is 6.31. The summed E-state index contributed by atoms with van der Waals surface area (Å²) < 4.78 is 20.4. The Kier molecular flexibility index (Phi) is 18.9. The fourth-order valence-corrected chi connectivity index (χ4v) is 4.38. The van der Waals surface area contributed by atoms with E-state index in [1.54, 1.807) is 113 Å². The maximum Gasteiger partial charge on any atom is 0.412 e. The number of carbonyl (C=O) groups excluding carboxylic acids is 4. The maximum atomic E-state index is 11.8. The number of anilines is 3. The number of carbonyl (C=O) groups is 4. The van der Waals surface area contributed by atoms with Crippen molar-refractivity contribution in [3.8, 4) is 0 Å². The van der Waals surface area contributed by atoms with E-state index >= 15 is 0 Å². The largest absolute Gasteiger partial charge is 0.444 e. The standard InChI is InChI=1S/C16H23ClN2O4.C12H16N2O4.C11H13ClN2O4/c1-15(2,3)22-13(20)18-11-7-10(17)8-12(9-11)19-14(21)23-16(4,5)6;1-12(2,3)18-11(15)13-8-9-4-6-10(7-5-9)14(16)17;1-11(2,3)18-10(15)13-8-5-4-7(12)6-9(8)14(16)17/h7-9H,1-6H3,(H,18,20)(H,19,21);4-7H,8H2,1-3H3,(H,13,15);4-6H,1-3H3,(H,13,15). The predicted molar refractivity (Wildman–Crippen MR) is 225 cm³/mol. The van der Waals surface area contributed by atoms with Gasteiger partial charge in [-0.05, 0) is 119 Å². The molecule has 0 saturated carbocycles. The van der Waals surface area contributed by atoms with E-state index < -0.39 is 56.6 Å². The summed E-state index contributed by atoms with van der Waals surface area (Å²) in [6.45, 7) is 21.3. The molecule has 0 bridgehead atoms. The Hall–Kier alpha value is -5.88. The molecule has 0 aliphatic heterocycles. The van der Waals surface area contributed by atoms with E-state index in [1.807, 2.05) is 0 Å². The van der Waals surface area contributed by atoms with Gasteiger partial charge in [-0.3, -0.25) is 36.2 Å². The van der Waals surface area contributed by atoms with Crippen molar-refractivity contribution in [3.63, 3.8) is 0 Å². The lowest BCUT2D eigenvalue weighted by atomic mass is 10.2. The molecule has 3 rings (SSSR count). The molecule has 0 aliphatic rings. The Bertz CT molecular complexity index is 1900. The number of non-ortho nitro benzene ring substituents is 1. The van der Waals surface area contributed by atoms with Crippen molar-refractivity contribution in [3.05, 3.63) is 96.5 Å². The monoisotopic (exact) mass is 866 g/mol. The van der Waals surface area contributed by atoms with Crippen LogP contribution in [0.3, 0.4) is 0 Å². The summed E-state index contributed by atoms with van der Waals surface area (Å²) in [7, 11) is 0. The molecule has 4 amide bonds. The highest BCUT2D eigenvalue weighted by Gasteiger charge is 2.22. The minimum absolute atomic E-state index is 0.0241. The van der Waals surface area contributed by atoms with Crippen LogP contribution in [-0.4, -0.2) is 56.6 Å². The summed E-state index contributed by atoms with van der Waals surface area (Å²) in [6, 6.07) is 14.6. The second kappa shape index (κ2) is 21.8. The lowest BCUT2D eigenvalue weighted by Gasteiger charge is -2.21. The molecular weight excluding hydrogens is 815 g/mol. The van der Waals surface area contributed by atoms with Crippen molar-refractivity contribution < 1.29 is 48.0 Å². The third kappa shape index (κ3) is 23.8. The van der Waals surface area contributed by atoms with E-state index in [4.69, 9.17) is 42.1 Å². The molecule has 0 heterocycles. The summed E-state index contributed by atoms with van der Waals surface area (Å²) in [5.74, 6) is 0. The fourth-order valence-electron chi connectivity index (χ4n) is 3.98. The van der Waals surface area contributed by atoms with Crippen molar-refractivity contribution in [1.29, 1.82) is 0 Å². The Labute approximate surface area is 352 Å². The number of benzene rings is 3. The van der Waals surface area contributed by atoms with E-state index in [0.29, 0.717) is 16.4 Å². The average Bonchev–Trinajstić information content (AvgIpc) is 3.01. The zero-order chi connectivity index (χ0) is 45.5. The van der Waals surface area contributed by atoms with Gasteiger partial charge in [0.15, 0.2) is 0 Å². The lowest BCUT2D eigenvalue weighted by molar-refractivity contribution is -0.384. The van der Waals surface area contributed by atoms with Crippen molar-refractivity contribution >= 4 is 76.0 Å². The number of halogens is 2. The molecular formula is C39H52Cl2N6O12. The van der Waals surface area contributed by atoms with Gasteiger partial charge in [0.2, 0.25) is 0 Å². The average molecular weight is 868 g/mol. The molecule has 0 unspecified atom stereocenters. The summed E-state index contributed by atoms with van der Waals surface area (Å²) in [5.41, 5.74) is -1.09.